The number of amidine groups is 1. The first-order valence-corrected chi connectivity index (χ1v) is 5.76. The number of nitrogens with zero attached hydrogens (tertiary/aromatic N) is 1. The summed E-state index contributed by atoms with van der Waals surface area (Å²) in [5, 5.41) is 0. The summed E-state index contributed by atoms with van der Waals surface area (Å²) in [6.45, 7) is 0. The number of alkyl halides is 1. The average molecular weight is 285 g/mol. The molecule has 102 valence electrons. The smallest absolute Gasteiger partial charge is 0.340 e. The summed E-state index contributed by atoms with van der Waals surface area (Å²) in [6, 6.07) is 4.24. The van der Waals surface area contributed by atoms with Gasteiger partial charge in [0, 0.05) is 0 Å². The summed E-state index contributed by atoms with van der Waals surface area (Å²) in [7, 11) is 2.50. The van der Waals surface area contributed by atoms with Crippen molar-refractivity contribution < 1.29 is 19.1 Å². The molecule has 1 aromatic rings. The van der Waals surface area contributed by atoms with Crippen molar-refractivity contribution in [1.82, 2.24) is 0 Å². The number of nitrogens with two attached hydrogens (primary N) is 1. The molecule has 0 atom stereocenters. The number of rotatable bonds is 4. The summed E-state index contributed by atoms with van der Waals surface area (Å²) >= 11 is 5.53. The van der Waals surface area contributed by atoms with E-state index in [0.717, 1.165) is 0 Å². The Labute approximate surface area is 115 Å². The Bertz CT molecular complexity index is 528. The van der Waals surface area contributed by atoms with Gasteiger partial charge in [0.05, 0.1) is 36.9 Å². The Morgan fingerprint density at radius 1 is 1.26 bits per heavy atom. The quantitative estimate of drug-likeness (QED) is 0.391. The number of hydrogen-bond donors (Lipinski definition) is 1. The highest BCUT2D eigenvalue weighted by Gasteiger charge is 2.15. The zero-order valence-electron chi connectivity index (χ0n) is 10.5. The van der Waals surface area contributed by atoms with Crippen LogP contribution in [0, 0.1) is 0 Å². The first kappa shape index (κ1) is 15.0. The lowest BCUT2D eigenvalue weighted by Gasteiger charge is -2.07. The predicted octanol–water partition coefficient (Wildman–Crippen LogP) is 1.49. The van der Waals surface area contributed by atoms with Crippen molar-refractivity contribution in [3.05, 3.63) is 29.3 Å². The highest BCUT2D eigenvalue weighted by Crippen LogP contribution is 2.22. The van der Waals surface area contributed by atoms with Gasteiger partial charge in [-0.2, -0.15) is 0 Å². The van der Waals surface area contributed by atoms with Crippen LogP contribution in [0.4, 0.5) is 5.69 Å². The molecule has 0 fully saturated rings. The van der Waals surface area contributed by atoms with E-state index in [1.165, 1.54) is 32.4 Å². The average Bonchev–Trinajstić information content (AvgIpc) is 2.45. The van der Waals surface area contributed by atoms with Crippen molar-refractivity contribution in [1.29, 1.82) is 0 Å². The second kappa shape index (κ2) is 6.75. The van der Waals surface area contributed by atoms with Crippen LogP contribution in [-0.4, -0.2) is 37.9 Å². The van der Waals surface area contributed by atoms with Gasteiger partial charge in [0.15, 0.2) is 0 Å². The fourth-order valence-corrected chi connectivity index (χ4v) is 1.40. The largest absolute Gasteiger partial charge is 0.465 e. The molecule has 0 spiro atoms. The van der Waals surface area contributed by atoms with Crippen LogP contribution in [0.1, 0.15) is 20.7 Å². The van der Waals surface area contributed by atoms with Crippen LogP contribution in [0.5, 0.6) is 0 Å². The molecule has 0 saturated heterocycles. The molecule has 0 saturated carbocycles. The van der Waals surface area contributed by atoms with E-state index < -0.39 is 11.9 Å². The second-order valence-electron chi connectivity index (χ2n) is 3.45. The third kappa shape index (κ3) is 3.69. The molecule has 1 rings (SSSR count). The summed E-state index contributed by atoms with van der Waals surface area (Å²) in [5.41, 5.74) is 6.16. The maximum Gasteiger partial charge on any atom is 0.340 e. The minimum Gasteiger partial charge on any atom is -0.465 e. The van der Waals surface area contributed by atoms with Crippen molar-refractivity contribution in [3.63, 3.8) is 0 Å². The summed E-state index contributed by atoms with van der Waals surface area (Å²) in [6.07, 6.45) is 0. The van der Waals surface area contributed by atoms with E-state index in [1.807, 2.05) is 0 Å². The van der Waals surface area contributed by atoms with E-state index in [0.29, 0.717) is 0 Å². The van der Waals surface area contributed by atoms with Crippen LogP contribution < -0.4 is 5.73 Å². The van der Waals surface area contributed by atoms with E-state index in [9.17, 15) is 9.59 Å². The minimum absolute atomic E-state index is 0.00304. The number of carbonyl (C=O) groups excluding carboxylic acids is 2. The van der Waals surface area contributed by atoms with E-state index in [4.69, 9.17) is 17.3 Å². The first-order valence-electron chi connectivity index (χ1n) is 5.23. The number of esters is 2. The molecule has 2 N–H and O–H groups in total. The molecule has 1 aromatic carbocycles. The lowest BCUT2D eigenvalue weighted by Crippen LogP contribution is -2.13. The third-order valence-corrected chi connectivity index (χ3v) is 2.50. The zero-order chi connectivity index (χ0) is 14.4. The maximum atomic E-state index is 11.6. The van der Waals surface area contributed by atoms with Gasteiger partial charge in [-0.3, -0.25) is 0 Å². The van der Waals surface area contributed by atoms with Gasteiger partial charge >= 0.3 is 11.9 Å². The van der Waals surface area contributed by atoms with Crippen LogP contribution >= 0.6 is 11.6 Å². The van der Waals surface area contributed by atoms with Crippen LogP contribution in [0.2, 0.25) is 0 Å². The van der Waals surface area contributed by atoms with Crippen molar-refractivity contribution >= 4 is 35.1 Å². The van der Waals surface area contributed by atoms with Crippen LogP contribution in [-0.2, 0) is 9.47 Å². The minimum atomic E-state index is -0.586. The number of benzene rings is 1. The van der Waals surface area contributed by atoms with Gasteiger partial charge in [0.2, 0.25) is 0 Å². The molecule has 0 radical (unpaired) electrons. The molecular weight excluding hydrogens is 272 g/mol. The first-order chi connectivity index (χ1) is 9.03. The van der Waals surface area contributed by atoms with Gasteiger partial charge in [-0.05, 0) is 18.2 Å². The highest BCUT2D eigenvalue weighted by molar-refractivity contribution is 6.28. The van der Waals surface area contributed by atoms with E-state index in [1.54, 1.807) is 0 Å². The van der Waals surface area contributed by atoms with Crippen LogP contribution in [0.15, 0.2) is 23.2 Å². The van der Waals surface area contributed by atoms with Crippen LogP contribution in [0.25, 0.3) is 0 Å². The van der Waals surface area contributed by atoms with E-state index in [2.05, 4.69) is 14.5 Å². The summed E-state index contributed by atoms with van der Waals surface area (Å²) in [4.78, 5) is 27.0. The Morgan fingerprint density at radius 2 is 1.89 bits per heavy atom. The molecule has 0 unspecified atom stereocenters. The summed E-state index contributed by atoms with van der Waals surface area (Å²) < 4.78 is 9.21. The highest BCUT2D eigenvalue weighted by atomic mass is 35.5. The zero-order valence-corrected chi connectivity index (χ0v) is 11.2. The van der Waals surface area contributed by atoms with Crippen molar-refractivity contribution in [2.45, 2.75) is 0 Å². The normalized spacial score (nSPS) is 11.0. The SMILES string of the molecule is COC(=O)c1ccc(C(=O)OC)c(N=C(N)CCl)c1. The fourth-order valence-electron chi connectivity index (χ4n) is 1.34. The standard InChI is InChI=1S/C12H13ClN2O4/c1-18-11(16)7-3-4-8(12(17)19-2)9(5-7)15-10(14)6-13/h3-5H,6H2,1-2H3,(H2,14,15). The van der Waals surface area contributed by atoms with Crippen LogP contribution in [0.3, 0.4) is 0 Å². The van der Waals surface area contributed by atoms with Gasteiger partial charge < -0.3 is 15.2 Å². The van der Waals surface area contributed by atoms with Crippen molar-refractivity contribution in [2.24, 2.45) is 10.7 Å². The molecule has 7 heteroatoms. The molecule has 0 amide bonds. The van der Waals surface area contributed by atoms with Gasteiger partial charge in [-0.15, -0.1) is 11.6 Å². The monoisotopic (exact) mass is 284 g/mol. The number of methoxy groups -OCH3 is 2. The lowest BCUT2D eigenvalue weighted by atomic mass is 10.1. The van der Waals surface area contributed by atoms with Crippen molar-refractivity contribution in [2.75, 3.05) is 20.1 Å². The molecular formula is C12H13ClN2O4. The molecule has 0 aliphatic rings. The lowest BCUT2D eigenvalue weighted by molar-refractivity contribution is 0.0587. The Hall–Kier alpha value is -2.08. The Kier molecular flexibility index (Phi) is 5.32. The third-order valence-electron chi connectivity index (χ3n) is 2.23. The molecule has 0 aromatic heterocycles. The Balaban J connectivity index is 3.34. The van der Waals surface area contributed by atoms with E-state index >= 15 is 0 Å². The molecule has 0 aliphatic carbocycles. The predicted molar refractivity (Wildman–Crippen MR) is 71.1 cm³/mol. The number of ether oxygens (including phenoxy) is 2. The molecule has 6 nitrogen and oxygen atoms in total. The summed E-state index contributed by atoms with van der Waals surface area (Å²) in [5.74, 6) is -1.01. The molecule has 0 aliphatic heterocycles. The number of hydrogen-bond acceptors (Lipinski definition) is 5. The fraction of sp³-hybridized carbons (Fsp3) is 0.250. The topological polar surface area (TPSA) is 91.0 Å². The number of aliphatic imine (C=N–C) groups is 1. The molecule has 19 heavy (non-hydrogen) atoms. The molecule has 0 heterocycles. The van der Waals surface area contributed by atoms with Gasteiger partial charge in [-0.1, -0.05) is 0 Å². The maximum absolute atomic E-state index is 11.6. The van der Waals surface area contributed by atoms with E-state index in [-0.39, 0.29) is 28.5 Å². The van der Waals surface area contributed by atoms with Gasteiger partial charge in [-0.25, -0.2) is 14.6 Å². The number of carbonyl (C=O) groups is 2. The van der Waals surface area contributed by atoms with Gasteiger partial charge in [0.1, 0.15) is 5.84 Å². The van der Waals surface area contributed by atoms with Gasteiger partial charge in [0.25, 0.3) is 0 Å². The van der Waals surface area contributed by atoms with Crippen molar-refractivity contribution in [3.8, 4) is 0 Å². The Morgan fingerprint density at radius 3 is 2.42 bits per heavy atom. The second-order valence-corrected chi connectivity index (χ2v) is 3.72. The number of halogens is 1. The molecule has 0 bridgehead atoms.